The van der Waals surface area contributed by atoms with Gasteiger partial charge in [-0.25, -0.2) is 4.39 Å². The largest absolute Gasteiger partial charge is 0.314 e. The highest BCUT2D eigenvalue weighted by atomic mass is 79.9. The molecule has 18 heavy (non-hydrogen) atoms. The summed E-state index contributed by atoms with van der Waals surface area (Å²) in [4.78, 5) is 0. The third-order valence-electron chi connectivity index (χ3n) is 3.47. The molecule has 0 spiro atoms. The predicted molar refractivity (Wildman–Crippen MR) is 77.2 cm³/mol. The van der Waals surface area contributed by atoms with Crippen molar-refractivity contribution < 1.29 is 4.39 Å². The Balaban J connectivity index is 1.98. The highest BCUT2D eigenvalue weighted by molar-refractivity contribution is 9.10. The molecule has 0 heterocycles. The van der Waals surface area contributed by atoms with Gasteiger partial charge in [-0.2, -0.15) is 0 Å². The molecule has 3 heteroatoms. The molecule has 1 atom stereocenters. The summed E-state index contributed by atoms with van der Waals surface area (Å²) in [5.41, 5.74) is 1.07. The second-order valence-corrected chi connectivity index (χ2v) is 6.12. The van der Waals surface area contributed by atoms with E-state index >= 15 is 0 Å². The summed E-state index contributed by atoms with van der Waals surface area (Å²) in [7, 11) is 0. The van der Waals surface area contributed by atoms with Crippen molar-refractivity contribution in [1.82, 2.24) is 5.32 Å². The van der Waals surface area contributed by atoms with Crippen LogP contribution in [0.4, 0.5) is 4.39 Å². The minimum atomic E-state index is -0.145. The third-order valence-corrected chi connectivity index (χ3v) is 4.25. The fourth-order valence-electron chi connectivity index (χ4n) is 2.31. The maximum atomic E-state index is 13.3. The summed E-state index contributed by atoms with van der Waals surface area (Å²) in [6.45, 7) is 3.23. The molecule has 1 aliphatic carbocycles. The molecule has 1 saturated carbocycles. The molecule has 0 amide bonds. The highest BCUT2D eigenvalue weighted by Gasteiger charge is 2.25. The van der Waals surface area contributed by atoms with Crippen LogP contribution >= 0.6 is 15.9 Å². The lowest BCUT2D eigenvalue weighted by Gasteiger charge is -2.19. The first-order valence-corrected chi connectivity index (χ1v) is 7.65. The van der Waals surface area contributed by atoms with E-state index in [-0.39, 0.29) is 5.82 Å². The van der Waals surface area contributed by atoms with Gasteiger partial charge in [-0.05, 0) is 55.5 Å². The van der Waals surface area contributed by atoms with E-state index in [0.29, 0.717) is 6.04 Å². The fourth-order valence-corrected chi connectivity index (χ4v) is 2.72. The Kier molecular flexibility index (Phi) is 5.19. The first kappa shape index (κ1) is 14.0. The number of nitrogens with one attached hydrogen (secondary N) is 1. The second-order valence-electron chi connectivity index (χ2n) is 5.27. The summed E-state index contributed by atoms with van der Waals surface area (Å²) in [6.07, 6.45) is 6.02. The zero-order valence-corrected chi connectivity index (χ0v) is 12.5. The lowest BCUT2D eigenvalue weighted by Crippen LogP contribution is -2.32. The number of hydrogen-bond donors (Lipinski definition) is 1. The Morgan fingerprint density at radius 1 is 1.44 bits per heavy atom. The quantitative estimate of drug-likeness (QED) is 0.791. The molecule has 1 N–H and O–H groups in total. The van der Waals surface area contributed by atoms with Crippen molar-refractivity contribution in [2.75, 3.05) is 6.54 Å². The van der Waals surface area contributed by atoms with Gasteiger partial charge in [0.15, 0.2) is 0 Å². The molecular weight excluding hydrogens is 293 g/mol. The lowest BCUT2D eigenvalue weighted by molar-refractivity contribution is 0.453. The first-order valence-electron chi connectivity index (χ1n) is 6.86. The standard InChI is InChI=1S/C15H21BrFN/c1-2-7-18-14(8-11-3-4-11)10-12-9-13(17)5-6-15(12)16/h5-6,9,11,14,18H,2-4,7-8,10H2,1H3. The van der Waals surface area contributed by atoms with Crippen molar-refractivity contribution in [1.29, 1.82) is 0 Å². The van der Waals surface area contributed by atoms with Gasteiger partial charge in [0, 0.05) is 10.5 Å². The normalized spacial score (nSPS) is 16.8. The van der Waals surface area contributed by atoms with Crippen LogP contribution in [-0.4, -0.2) is 12.6 Å². The minimum absolute atomic E-state index is 0.145. The molecule has 1 aliphatic rings. The zero-order valence-electron chi connectivity index (χ0n) is 10.9. The molecule has 1 aromatic carbocycles. The maximum absolute atomic E-state index is 13.3. The van der Waals surface area contributed by atoms with Crippen molar-refractivity contribution in [3.05, 3.63) is 34.1 Å². The van der Waals surface area contributed by atoms with Crippen LogP contribution in [0.25, 0.3) is 0 Å². The lowest BCUT2D eigenvalue weighted by atomic mass is 10.0. The summed E-state index contributed by atoms with van der Waals surface area (Å²) in [5.74, 6) is 0.751. The van der Waals surface area contributed by atoms with Gasteiger partial charge in [-0.1, -0.05) is 35.7 Å². The van der Waals surface area contributed by atoms with E-state index < -0.39 is 0 Å². The van der Waals surface area contributed by atoms with Crippen LogP contribution < -0.4 is 5.32 Å². The third kappa shape index (κ3) is 4.36. The van der Waals surface area contributed by atoms with E-state index in [4.69, 9.17) is 0 Å². The highest BCUT2D eigenvalue weighted by Crippen LogP contribution is 2.34. The maximum Gasteiger partial charge on any atom is 0.123 e. The van der Waals surface area contributed by atoms with E-state index in [0.717, 1.165) is 35.3 Å². The molecule has 0 aliphatic heterocycles. The first-order chi connectivity index (χ1) is 8.69. The predicted octanol–water partition coefficient (Wildman–Crippen LogP) is 4.30. The Bertz CT molecular complexity index is 390. The average Bonchev–Trinajstić information content (AvgIpc) is 3.14. The average molecular weight is 314 g/mol. The van der Waals surface area contributed by atoms with Gasteiger partial charge in [0.2, 0.25) is 0 Å². The molecule has 0 bridgehead atoms. The van der Waals surface area contributed by atoms with E-state index in [1.807, 2.05) is 0 Å². The van der Waals surface area contributed by atoms with Gasteiger partial charge in [0.1, 0.15) is 5.82 Å². The Hall–Kier alpha value is -0.410. The van der Waals surface area contributed by atoms with Crippen molar-refractivity contribution in [3.63, 3.8) is 0 Å². The van der Waals surface area contributed by atoms with Crippen LogP contribution in [0.15, 0.2) is 22.7 Å². The molecule has 1 fully saturated rings. The molecular formula is C15H21BrFN. The van der Waals surface area contributed by atoms with E-state index in [9.17, 15) is 4.39 Å². The summed E-state index contributed by atoms with van der Waals surface area (Å²) in [5, 5.41) is 3.59. The van der Waals surface area contributed by atoms with Crippen LogP contribution in [0.5, 0.6) is 0 Å². The molecule has 1 nitrogen and oxygen atoms in total. The SMILES string of the molecule is CCCNC(Cc1cc(F)ccc1Br)CC1CC1. The van der Waals surface area contributed by atoms with Crippen LogP contribution in [-0.2, 0) is 6.42 Å². The van der Waals surface area contributed by atoms with Gasteiger partial charge >= 0.3 is 0 Å². The molecule has 0 radical (unpaired) electrons. The Morgan fingerprint density at radius 2 is 2.22 bits per heavy atom. The minimum Gasteiger partial charge on any atom is -0.314 e. The summed E-state index contributed by atoms with van der Waals surface area (Å²) < 4.78 is 14.3. The summed E-state index contributed by atoms with van der Waals surface area (Å²) >= 11 is 3.51. The van der Waals surface area contributed by atoms with Crippen LogP contribution in [0.2, 0.25) is 0 Å². The second kappa shape index (κ2) is 6.67. The summed E-state index contributed by atoms with van der Waals surface area (Å²) in [6, 6.07) is 5.44. The number of rotatable bonds is 7. The zero-order chi connectivity index (χ0) is 13.0. The van der Waals surface area contributed by atoms with Gasteiger partial charge in [-0.15, -0.1) is 0 Å². The van der Waals surface area contributed by atoms with E-state index in [2.05, 4.69) is 28.2 Å². The van der Waals surface area contributed by atoms with Crippen molar-refractivity contribution in [2.24, 2.45) is 5.92 Å². The monoisotopic (exact) mass is 313 g/mol. The molecule has 1 unspecified atom stereocenters. The fraction of sp³-hybridized carbons (Fsp3) is 0.600. The molecule has 0 aromatic heterocycles. The molecule has 100 valence electrons. The van der Waals surface area contributed by atoms with Crippen LogP contribution in [0, 0.1) is 11.7 Å². The van der Waals surface area contributed by atoms with Gasteiger partial charge in [0.05, 0.1) is 0 Å². The van der Waals surface area contributed by atoms with Gasteiger partial charge < -0.3 is 5.32 Å². The molecule has 0 saturated heterocycles. The molecule has 1 aromatic rings. The van der Waals surface area contributed by atoms with Crippen LogP contribution in [0.3, 0.4) is 0 Å². The van der Waals surface area contributed by atoms with Gasteiger partial charge in [0.25, 0.3) is 0 Å². The number of halogens is 2. The van der Waals surface area contributed by atoms with Crippen molar-refractivity contribution in [2.45, 2.75) is 45.1 Å². The van der Waals surface area contributed by atoms with Crippen molar-refractivity contribution >= 4 is 15.9 Å². The Labute approximate surface area is 117 Å². The number of hydrogen-bond acceptors (Lipinski definition) is 1. The van der Waals surface area contributed by atoms with E-state index in [1.165, 1.54) is 25.3 Å². The van der Waals surface area contributed by atoms with Crippen LogP contribution in [0.1, 0.15) is 38.2 Å². The molecule has 2 rings (SSSR count). The topological polar surface area (TPSA) is 12.0 Å². The Morgan fingerprint density at radius 3 is 2.89 bits per heavy atom. The van der Waals surface area contributed by atoms with E-state index in [1.54, 1.807) is 12.1 Å². The van der Waals surface area contributed by atoms with Gasteiger partial charge in [-0.3, -0.25) is 0 Å². The smallest absolute Gasteiger partial charge is 0.123 e. The van der Waals surface area contributed by atoms with Crippen molar-refractivity contribution in [3.8, 4) is 0 Å². The number of benzene rings is 1.